The number of fused-ring (bicyclic) bond motifs is 1. The van der Waals surface area contributed by atoms with E-state index in [1.54, 1.807) is 11.3 Å². The number of benzene rings is 1. The predicted molar refractivity (Wildman–Crippen MR) is 83.6 cm³/mol. The third kappa shape index (κ3) is 2.78. The summed E-state index contributed by atoms with van der Waals surface area (Å²) >= 11 is 5.37. The Kier molecular flexibility index (Phi) is 4.06. The van der Waals surface area contributed by atoms with Crippen LogP contribution in [0.3, 0.4) is 0 Å². The Morgan fingerprint density at radius 3 is 2.89 bits per heavy atom. The lowest BCUT2D eigenvalue weighted by molar-refractivity contribution is 0.105. The molecule has 0 amide bonds. The fourth-order valence-electron chi connectivity index (χ4n) is 2.94. The van der Waals surface area contributed by atoms with Gasteiger partial charge < -0.3 is 5.11 Å². The van der Waals surface area contributed by atoms with Gasteiger partial charge in [0.05, 0.1) is 6.10 Å². The van der Waals surface area contributed by atoms with Crippen molar-refractivity contribution in [2.24, 2.45) is 5.92 Å². The minimum absolute atomic E-state index is 0.326. The highest BCUT2D eigenvalue weighted by Crippen LogP contribution is 2.37. The Bertz CT molecular complexity index is 563. The average Bonchev–Trinajstić information content (AvgIpc) is 2.75. The fraction of sp³-hybridized carbons (Fsp3) is 0.375. The molecule has 0 aliphatic heterocycles. The van der Waals surface area contributed by atoms with Gasteiger partial charge in [-0.3, -0.25) is 0 Å². The van der Waals surface area contributed by atoms with Gasteiger partial charge in [-0.1, -0.05) is 24.3 Å². The molecule has 1 heterocycles. The molecule has 2 atom stereocenters. The number of aliphatic hydroxyl groups is 1. The Labute approximate surface area is 126 Å². The number of aryl methyl sites for hydroxylation is 1. The highest BCUT2D eigenvalue weighted by molar-refractivity contribution is 9.10. The molecule has 1 aliphatic carbocycles. The summed E-state index contributed by atoms with van der Waals surface area (Å²) in [6, 6.07) is 10.4. The molecule has 3 rings (SSSR count). The Morgan fingerprint density at radius 1 is 1.26 bits per heavy atom. The molecule has 1 N–H and O–H groups in total. The van der Waals surface area contributed by atoms with Gasteiger partial charge >= 0.3 is 0 Å². The molecule has 0 radical (unpaired) electrons. The van der Waals surface area contributed by atoms with Gasteiger partial charge in [0, 0.05) is 9.35 Å². The topological polar surface area (TPSA) is 20.2 Å². The zero-order valence-electron chi connectivity index (χ0n) is 10.7. The molecule has 1 aliphatic rings. The number of hydrogen-bond donors (Lipinski definition) is 1. The van der Waals surface area contributed by atoms with E-state index in [1.165, 1.54) is 21.3 Å². The molecule has 19 heavy (non-hydrogen) atoms. The first-order valence-electron chi connectivity index (χ1n) is 6.73. The lowest BCUT2D eigenvalue weighted by Crippen LogP contribution is -2.14. The van der Waals surface area contributed by atoms with E-state index in [-0.39, 0.29) is 6.10 Å². The van der Waals surface area contributed by atoms with Crippen molar-refractivity contribution in [3.05, 3.63) is 56.2 Å². The number of hydrogen-bond acceptors (Lipinski definition) is 2. The van der Waals surface area contributed by atoms with Crippen molar-refractivity contribution < 1.29 is 5.11 Å². The van der Waals surface area contributed by atoms with E-state index in [4.69, 9.17) is 0 Å². The largest absolute Gasteiger partial charge is 0.388 e. The van der Waals surface area contributed by atoms with E-state index in [0.29, 0.717) is 5.92 Å². The zero-order chi connectivity index (χ0) is 13.2. The molecule has 1 nitrogen and oxygen atoms in total. The molecule has 3 heteroatoms. The molecule has 100 valence electrons. The van der Waals surface area contributed by atoms with Crippen LogP contribution in [0.1, 0.15) is 34.9 Å². The van der Waals surface area contributed by atoms with Crippen molar-refractivity contribution >= 4 is 27.3 Å². The van der Waals surface area contributed by atoms with Crippen LogP contribution in [0.5, 0.6) is 0 Å². The summed E-state index contributed by atoms with van der Waals surface area (Å²) in [6.45, 7) is 0. The van der Waals surface area contributed by atoms with Crippen molar-refractivity contribution in [3.63, 3.8) is 0 Å². The number of rotatable bonds is 2. The monoisotopic (exact) mass is 336 g/mol. The first-order valence-corrected chi connectivity index (χ1v) is 8.40. The van der Waals surface area contributed by atoms with Gasteiger partial charge in [0.1, 0.15) is 0 Å². The zero-order valence-corrected chi connectivity index (χ0v) is 13.1. The van der Waals surface area contributed by atoms with Gasteiger partial charge in [-0.15, -0.1) is 11.3 Å². The third-order valence-electron chi connectivity index (χ3n) is 3.98. The maximum Gasteiger partial charge on any atom is 0.0824 e. The molecule has 0 spiro atoms. The molecule has 2 aromatic rings. The van der Waals surface area contributed by atoms with Crippen LogP contribution in [0, 0.1) is 5.92 Å². The summed E-state index contributed by atoms with van der Waals surface area (Å²) in [5.41, 5.74) is 2.46. The van der Waals surface area contributed by atoms with Crippen LogP contribution in [0.15, 0.2) is 40.2 Å². The van der Waals surface area contributed by atoms with Crippen molar-refractivity contribution in [2.45, 2.75) is 31.8 Å². The minimum atomic E-state index is -0.326. The fourth-order valence-corrected chi connectivity index (χ4v) is 4.55. The first-order chi connectivity index (χ1) is 9.25. The van der Waals surface area contributed by atoms with Crippen LogP contribution in [0.4, 0.5) is 0 Å². The molecular weight excluding hydrogens is 320 g/mol. The van der Waals surface area contributed by atoms with Crippen LogP contribution in [0.2, 0.25) is 0 Å². The molecule has 0 saturated heterocycles. The van der Waals surface area contributed by atoms with E-state index >= 15 is 0 Å². The highest BCUT2D eigenvalue weighted by Gasteiger charge is 2.26. The van der Waals surface area contributed by atoms with Crippen LogP contribution in [-0.4, -0.2) is 5.11 Å². The predicted octanol–water partition coefficient (Wildman–Crippen LogP) is 4.74. The highest BCUT2D eigenvalue weighted by atomic mass is 79.9. The lowest BCUT2D eigenvalue weighted by Gasteiger charge is -2.21. The van der Waals surface area contributed by atoms with Gasteiger partial charge in [-0.2, -0.15) is 0 Å². The second kappa shape index (κ2) is 5.78. The Morgan fingerprint density at radius 2 is 2.11 bits per heavy atom. The van der Waals surface area contributed by atoms with E-state index in [9.17, 15) is 5.11 Å². The summed E-state index contributed by atoms with van der Waals surface area (Å²) in [5, 5.41) is 12.8. The first kappa shape index (κ1) is 13.3. The summed E-state index contributed by atoms with van der Waals surface area (Å²) in [4.78, 5) is 1.35. The number of thiophene rings is 1. The number of aliphatic hydroxyl groups excluding tert-OH is 1. The van der Waals surface area contributed by atoms with Crippen LogP contribution in [0.25, 0.3) is 0 Å². The SMILES string of the molecule is OC1c2ccccc2CCCC1Cc1sccc1Br. The molecule has 0 bridgehead atoms. The summed E-state index contributed by atoms with van der Waals surface area (Å²) in [5.74, 6) is 0.332. The second-order valence-corrected chi connectivity index (χ2v) is 7.05. The van der Waals surface area contributed by atoms with E-state index in [2.05, 4.69) is 45.6 Å². The Balaban J connectivity index is 1.86. The van der Waals surface area contributed by atoms with Gasteiger partial charge in [-0.25, -0.2) is 0 Å². The summed E-state index contributed by atoms with van der Waals surface area (Å²) < 4.78 is 1.18. The van der Waals surface area contributed by atoms with Crippen LogP contribution < -0.4 is 0 Å². The molecule has 2 unspecified atom stereocenters. The summed E-state index contributed by atoms with van der Waals surface area (Å²) in [7, 11) is 0. The van der Waals surface area contributed by atoms with Gasteiger partial charge in [0.2, 0.25) is 0 Å². The molecule has 0 saturated carbocycles. The second-order valence-electron chi connectivity index (χ2n) is 5.19. The third-order valence-corrected chi connectivity index (χ3v) is 5.93. The van der Waals surface area contributed by atoms with E-state index in [0.717, 1.165) is 24.8 Å². The molecular formula is C16H17BrOS. The van der Waals surface area contributed by atoms with Gasteiger partial charge in [0.15, 0.2) is 0 Å². The lowest BCUT2D eigenvalue weighted by atomic mass is 9.90. The van der Waals surface area contributed by atoms with Crippen LogP contribution >= 0.6 is 27.3 Å². The van der Waals surface area contributed by atoms with Gasteiger partial charge in [-0.05, 0) is 70.1 Å². The van der Waals surface area contributed by atoms with E-state index in [1.807, 2.05) is 6.07 Å². The normalized spacial score (nSPS) is 22.8. The van der Waals surface area contributed by atoms with Crippen LogP contribution in [-0.2, 0) is 12.8 Å². The van der Waals surface area contributed by atoms with Crippen molar-refractivity contribution in [2.75, 3.05) is 0 Å². The van der Waals surface area contributed by atoms with Crippen molar-refractivity contribution in [1.29, 1.82) is 0 Å². The maximum atomic E-state index is 10.7. The smallest absolute Gasteiger partial charge is 0.0824 e. The van der Waals surface area contributed by atoms with E-state index < -0.39 is 0 Å². The maximum absolute atomic E-state index is 10.7. The quantitative estimate of drug-likeness (QED) is 0.785. The van der Waals surface area contributed by atoms with Gasteiger partial charge in [0.25, 0.3) is 0 Å². The minimum Gasteiger partial charge on any atom is -0.388 e. The van der Waals surface area contributed by atoms with Crippen molar-refractivity contribution in [1.82, 2.24) is 0 Å². The summed E-state index contributed by atoms with van der Waals surface area (Å²) in [6.07, 6.45) is 4.00. The Hall–Kier alpha value is -0.640. The number of halogens is 1. The molecule has 1 aromatic heterocycles. The average molecular weight is 337 g/mol. The van der Waals surface area contributed by atoms with Crippen molar-refractivity contribution in [3.8, 4) is 0 Å². The molecule has 0 fully saturated rings. The molecule has 1 aromatic carbocycles. The standard InChI is InChI=1S/C16H17BrOS/c17-14-8-9-19-15(14)10-12-6-3-5-11-4-1-2-7-13(11)16(12)18/h1-2,4,7-9,12,16,18H,3,5-6,10H2.